The molecule has 0 spiro atoms. The molecule has 0 atom stereocenters. The fourth-order valence-corrected chi connectivity index (χ4v) is 3.91. The first-order chi connectivity index (χ1) is 8.74. The Morgan fingerprint density at radius 3 is 2.67 bits per heavy atom. The third-order valence-electron chi connectivity index (χ3n) is 2.85. The van der Waals surface area contributed by atoms with Crippen molar-refractivity contribution in [3.63, 3.8) is 0 Å². The van der Waals surface area contributed by atoms with Crippen LogP contribution in [0.15, 0.2) is 40.2 Å². The van der Waals surface area contributed by atoms with Gasteiger partial charge in [0.05, 0.1) is 6.54 Å². The highest BCUT2D eigenvalue weighted by atomic mass is 79.9. The van der Waals surface area contributed by atoms with E-state index in [1.54, 1.807) is 0 Å². The Morgan fingerprint density at radius 1 is 1.28 bits per heavy atom. The Kier molecular flexibility index (Phi) is 5.27. The van der Waals surface area contributed by atoms with Gasteiger partial charge in [0.25, 0.3) is 0 Å². The van der Waals surface area contributed by atoms with Gasteiger partial charge in [-0.3, -0.25) is 0 Å². The number of anilines is 1. The molecule has 1 aromatic heterocycles. The Bertz CT molecular complexity index is 497. The molecule has 1 heterocycles. The number of nitrogens with zero attached hydrogens (tertiary/aromatic N) is 1. The van der Waals surface area contributed by atoms with Crippen molar-refractivity contribution >= 4 is 48.9 Å². The zero-order valence-electron chi connectivity index (χ0n) is 10.2. The van der Waals surface area contributed by atoms with Crippen LogP contribution >= 0.6 is 43.2 Å². The molecule has 96 valence electrons. The average Bonchev–Trinajstić information content (AvgIpc) is 2.88. The molecule has 0 radical (unpaired) electrons. The Labute approximate surface area is 129 Å². The van der Waals surface area contributed by atoms with Crippen molar-refractivity contribution in [3.8, 4) is 0 Å². The van der Waals surface area contributed by atoms with Crippen molar-refractivity contribution < 1.29 is 0 Å². The van der Waals surface area contributed by atoms with Crippen LogP contribution in [0.4, 0.5) is 5.69 Å². The van der Waals surface area contributed by atoms with Crippen LogP contribution in [-0.2, 0) is 11.9 Å². The lowest BCUT2D eigenvalue weighted by molar-refractivity contribution is 0.842. The predicted molar refractivity (Wildman–Crippen MR) is 87.8 cm³/mol. The first-order valence-electron chi connectivity index (χ1n) is 5.86. The van der Waals surface area contributed by atoms with Gasteiger partial charge in [-0.1, -0.05) is 44.0 Å². The number of benzene rings is 1. The Morgan fingerprint density at radius 2 is 2.11 bits per heavy atom. The summed E-state index contributed by atoms with van der Waals surface area (Å²) in [5, 5.41) is 3.01. The van der Waals surface area contributed by atoms with Crippen molar-refractivity contribution in [1.29, 1.82) is 0 Å². The van der Waals surface area contributed by atoms with E-state index in [-0.39, 0.29) is 0 Å². The third-order valence-corrected chi connectivity index (χ3v) is 5.06. The molecule has 1 aromatic carbocycles. The normalized spacial score (nSPS) is 10.6. The number of rotatable bonds is 5. The summed E-state index contributed by atoms with van der Waals surface area (Å²) >= 11 is 8.93. The molecule has 4 heteroatoms. The molecule has 0 fully saturated rings. The lowest BCUT2D eigenvalue weighted by atomic mass is 10.2. The number of thiophene rings is 1. The highest BCUT2D eigenvalue weighted by Crippen LogP contribution is 2.27. The second kappa shape index (κ2) is 6.73. The maximum atomic E-state index is 3.63. The van der Waals surface area contributed by atoms with Gasteiger partial charge in [0.2, 0.25) is 0 Å². The zero-order valence-corrected chi connectivity index (χ0v) is 14.2. The van der Waals surface area contributed by atoms with E-state index < -0.39 is 0 Å². The second-order valence-corrected chi connectivity index (χ2v) is 6.45. The summed E-state index contributed by atoms with van der Waals surface area (Å²) < 4.78 is 1.17. The molecule has 1 nitrogen and oxygen atoms in total. The monoisotopic (exact) mass is 387 g/mol. The van der Waals surface area contributed by atoms with Gasteiger partial charge in [0, 0.05) is 26.9 Å². The number of hydrogen-bond acceptors (Lipinski definition) is 2. The summed E-state index contributed by atoms with van der Waals surface area (Å²) in [5.41, 5.74) is 2.55. The van der Waals surface area contributed by atoms with Crippen LogP contribution in [0.5, 0.6) is 0 Å². The highest BCUT2D eigenvalue weighted by Gasteiger charge is 2.08. The third kappa shape index (κ3) is 3.37. The Balaban J connectivity index is 2.19. The lowest BCUT2D eigenvalue weighted by Crippen LogP contribution is -2.21. The van der Waals surface area contributed by atoms with E-state index in [1.165, 1.54) is 20.6 Å². The van der Waals surface area contributed by atoms with Gasteiger partial charge in [0.1, 0.15) is 0 Å². The summed E-state index contributed by atoms with van der Waals surface area (Å²) in [6, 6.07) is 10.9. The predicted octanol–water partition coefficient (Wildman–Crippen LogP) is 5.43. The summed E-state index contributed by atoms with van der Waals surface area (Å²) in [6.45, 7) is 4.19. The van der Waals surface area contributed by atoms with E-state index in [1.807, 2.05) is 11.3 Å². The van der Waals surface area contributed by atoms with Crippen LogP contribution in [0.1, 0.15) is 17.4 Å². The summed E-state index contributed by atoms with van der Waals surface area (Å²) in [4.78, 5) is 3.78. The summed E-state index contributed by atoms with van der Waals surface area (Å²) in [5.74, 6) is 0. The Hall–Kier alpha value is -0.320. The maximum absolute atomic E-state index is 3.63. The average molecular weight is 389 g/mol. The van der Waals surface area contributed by atoms with Crippen molar-refractivity contribution in [2.24, 2.45) is 0 Å². The minimum absolute atomic E-state index is 0.880. The van der Waals surface area contributed by atoms with Gasteiger partial charge in [0.15, 0.2) is 0 Å². The van der Waals surface area contributed by atoms with Crippen LogP contribution in [0.25, 0.3) is 0 Å². The summed E-state index contributed by atoms with van der Waals surface area (Å²) in [7, 11) is 0. The molecule has 0 aliphatic carbocycles. The van der Waals surface area contributed by atoms with Crippen molar-refractivity contribution in [2.75, 3.05) is 11.4 Å². The molecule has 0 saturated carbocycles. The minimum Gasteiger partial charge on any atom is -0.367 e. The molecule has 0 bridgehead atoms. The van der Waals surface area contributed by atoms with Crippen LogP contribution in [0.2, 0.25) is 0 Å². The quantitative estimate of drug-likeness (QED) is 0.617. The van der Waals surface area contributed by atoms with Crippen molar-refractivity contribution in [2.45, 2.75) is 18.8 Å². The topological polar surface area (TPSA) is 3.24 Å². The van der Waals surface area contributed by atoms with Crippen LogP contribution in [0.3, 0.4) is 0 Å². The van der Waals surface area contributed by atoms with Gasteiger partial charge >= 0.3 is 0 Å². The summed E-state index contributed by atoms with van der Waals surface area (Å²) in [6.07, 6.45) is 0. The zero-order chi connectivity index (χ0) is 13.0. The van der Waals surface area contributed by atoms with E-state index in [0.717, 1.165) is 18.4 Å². The fraction of sp³-hybridized carbons (Fsp3) is 0.286. The van der Waals surface area contributed by atoms with Crippen molar-refractivity contribution in [3.05, 3.63) is 50.6 Å². The number of hydrogen-bond donors (Lipinski definition) is 0. The highest BCUT2D eigenvalue weighted by molar-refractivity contribution is 9.10. The first-order valence-corrected chi connectivity index (χ1v) is 8.65. The fourth-order valence-electron chi connectivity index (χ4n) is 1.82. The van der Waals surface area contributed by atoms with Gasteiger partial charge in [-0.15, -0.1) is 11.3 Å². The minimum atomic E-state index is 0.880. The van der Waals surface area contributed by atoms with E-state index in [4.69, 9.17) is 0 Å². The number of halogens is 2. The molecule has 0 aliphatic rings. The van der Waals surface area contributed by atoms with Crippen LogP contribution in [-0.4, -0.2) is 6.54 Å². The maximum Gasteiger partial charge on any atom is 0.0522 e. The second-order valence-electron chi connectivity index (χ2n) is 4.00. The molecule has 0 saturated heterocycles. The van der Waals surface area contributed by atoms with E-state index >= 15 is 0 Å². The van der Waals surface area contributed by atoms with E-state index in [2.05, 4.69) is 79.4 Å². The molecular formula is C14H15Br2NS. The van der Waals surface area contributed by atoms with Gasteiger partial charge in [-0.2, -0.15) is 0 Å². The first kappa shape index (κ1) is 14.1. The standard InChI is InChI=1S/C14H15Br2NS/c1-2-17(10-13-4-3-7-18-13)12-6-5-11(9-15)14(16)8-12/h3-8H,2,9-10H2,1H3. The van der Waals surface area contributed by atoms with Crippen LogP contribution < -0.4 is 4.90 Å². The van der Waals surface area contributed by atoms with Gasteiger partial charge in [-0.25, -0.2) is 0 Å². The molecule has 0 amide bonds. The SMILES string of the molecule is CCN(Cc1cccs1)c1ccc(CBr)c(Br)c1. The molecule has 2 rings (SSSR count). The molecule has 0 aliphatic heterocycles. The molecular weight excluding hydrogens is 374 g/mol. The largest absolute Gasteiger partial charge is 0.367 e. The lowest BCUT2D eigenvalue weighted by Gasteiger charge is -2.23. The smallest absolute Gasteiger partial charge is 0.0522 e. The molecule has 18 heavy (non-hydrogen) atoms. The number of alkyl halides is 1. The van der Waals surface area contributed by atoms with Gasteiger partial charge < -0.3 is 4.90 Å². The van der Waals surface area contributed by atoms with Crippen LogP contribution in [0, 0.1) is 0 Å². The molecule has 2 aromatic rings. The molecule has 0 unspecified atom stereocenters. The van der Waals surface area contributed by atoms with E-state index in [0.29, 0.717) is 0 Å². The van der Waals surface area contributed by atoms with Crippen molar-refractivity contribution in [1.82, 2.24) is 0 Å². The van der Waals surface area contributed by atoms with Gasteiger partial charge in [-0.05, 0) is 36.1 Å². The van der Waals surface area contributed by atoms with E-state index in [9.17, 15) is 0 Å². The molecule has 0 N–H and O–H groups in total.